The predicted octanol–water partition coefficient (Wildman–Crippen LogP) is 4.76. The molecule has 13 heteroatoms. The van der Waals surface area contributed by atoms with Crippen LogP contribution in [0.15, 0.2) is 90.5 Å². The van der Waals surface area contributed by atoms with Crippen molar-refractivity contribution in [1.29, 1.82) is 0 Å². The molecule has 3 aliphatic heterocycles. The van der Waals surface area contributed by atoms with Gasteiger partial charge in [-0.3, -0.25) is 34.4 Å². The highest BCUT2D eigenvalue weighted by atomic mass is 16.4. The molecule has 0 saturated carbocycles. The summed E-state index contributed by atoms with van der Waals surface area (Å²) in [6.07, 6.45) is 7.35. The Morgan fingerprint density at radius 3 is 2.17 bits per heavy atom. The van der Waals surface area contributed by atoms with Gasteiger partial charge in [0.2, 0.25) is 11.8 Å². The molecule has 2 N–H and O–H groups in total. The maximum absolute atomic E-state index is 13.5. The van der Waals surface area contributed by atoms with E-state index in [9.17, 15) is 24.4 Å². The van der Waals surface area contributed by atoms with Gasteiger partial charge in [-0.2, -0.15) is 5.10 Å². The Bertz CT molecular complexity index is 2400. The fraction of sp³-hybridized carbons (Fsp3) is 0.244. The highest BCUT2D eigenvalue weighted by Crippen LogP contribution is 2.36. The molecule has 13 nitrogen and oxygen atoms in total. The quantitative estimate of drug-likeness (QED) is 0.144. The first kappa shape index (κ1) is 33.2. The van der Waals surface area contributed by atoms with E-state index in [1.54, 1.807) is 24.5 Å². The number of pyridine rings is 1. The monoisotopic (exact) mass is 720 g/mol. The van der Waals surface area contributed by atoms with Gasteiger partial charge >= 0.3 is 0 Å². The fourth-order valence-corrected chi connectivity index (χ4v) is 8.16. The summed E-state index contributed by atoms with van der Waals surface area (Å²) in [4.78, 5) is 60.7. The number of carbonyl (C=O) groups is 4. The van der Waals surface area contributed by atoms with Gasteiger partial charge in [0.25, 0.3) is 11.8 Å². The molecular weight excluding hydrogens is 685 g/mol. The van der Waals surface area contributed by atoms with Crippen LogP contribution in [0.3, 0.4) is 0 Å². The van der Waals surface area contributed by atoms with Crippen LogP contribution in [-0.2, 0) is 16.0 Å². The summed E-state index contributed by atoms with van der Waals surface area (Å²) in [6, 6.07) is 21.1. The molecule has 0 spiro atoms. The van der Waals surface area contributed by atoms with Crippen LogP contribution in [0.5, 0.6) is 0 Å². The van der Waals surface area contributed by atoms with E-state index < -0.39 is 29.7 Å². The number of rotatable bonds is 6. The largest absolute Gasteiger partial charge is 0.411 e. The third kappa shape index (κ3) is 5.59. The molecule has 4 amide bonds. The summed E-state index contributed by atoms with van der Waals surface area (Å²) >= 11 is 0. The van der Waals surface area contributed by atoms with Crippen LogP contribution in [0, 0.1) is 6.92 Å². The average Bonchev–Trinajstić information content (AvgIpc) is 3.89. The lowest BCUT2D eigenvalue weighted by atomic mass is 9.98. The van der Waals surface area contributed by atoms with Gasteiger partial charge < -0.3 is 15.0 Å². The van der Waals surface area contributed by atoms with Gasteiger partial charge in [0.1, 0.15) is 11.7 Å². The summed E-state index contributed by atoms with van der Waals surface area (Å²) in [6.45, 7) is 4.86. The second-order valence-corrected chi connectivity index (χ2v) is 14.1. The van der Waals surface area contributed by atoms with Gasteiger partial charge in [-0.25, -0.2) is 4.68 Å². The molecule has 2 fully saturated rings. The average molecular weight is 721 g/mol. The zero-order valence-electron chi connectivity index (χ0n) is 29.5. The minimum atomic E-state index is -0.991. The minimum absolute atomic E-state index is 0.0821. The summed E-state index contributed by atoms with van der Waals surface area (Å²) in [5, 5.41) is 20.2. The van der Waals surface area contributed by atoms with Crippen molar-refractivity contribution in [2.24, 2.45) is 5.16 Å². The number of hydrogen-bond donors (Lipinski definition) is 2. The number of nitrogens with zero attached hydrogens (tertiary/aromatic N) is 7. The minimum Gasteiger partial charge on any atom is -0.411 e. The first-order chi connectivity index (χ1) is 26.3. The van der Waals surface area contributed by atoms with Crippen molar-refractivity contribution in [3.63, 3.8) is 0 Å². The zero-order chi connectivity index (χ0) is 37.1. The number of fused-ring (bicyclic) bond motifs is 2. The van der Waals surface area contributed by atoms with Crippen molar-refractivity contribution in [3.8, 4) is 28.1 Å². The van der Waals surface area contributed by atoms with Crippen molar-refractivity contribution in [3.05, 3.63) is 113 Å². The number of anilines is 2. The number of amides is 4. The fourth-order valence-electron chi connectivity index (χ4n) is 8.16. The number of hydrogen-bond acceptors (Lipinski definition) is 10. The molecule has 5 aromatic rings. The zero-order valence-corrected chi connectivity index (χ0v) is 29.5. The van der Waals surface area contributed by atoms with E-state index >= 15 is 0 Å². The number of benzene rings is 3. The van der Waals surface area contributed by atoms with Gasteiger partial charge in [0, 0.05) is 79.3 Å². The summed E-state index contributed by atoms with van der Waals surface area (Å²) in [5.41, 5.74) is 11.1. The Labute approximate surface area is 310 Å². The first-order valence-corrected chi connectivity index (χ1v) is 18.1. The van der Waals surface area contributed by atoms with Gasteiger partial charge in [-0.15, -0.1) is 0 Å². The number of imide groups is 2. The van der Waals surface area contributed by atoms with Crippen LogP contribution in [0.2, 0.25) is 0 Å². The van der Waals surface area contributed by atoms with Crippen LogP contribution in [0.1, 0.15) is 56.7 Å². The summed E-state index contributed by atoms with van der Waals surface area (Å²) < 4.78 is 1.91. The van der Waals surface area contributed by atoms with Crippen molar-refractivity contribution in [2.75, 3.05) is 36.0 Å². The molecular formula is C41H36N8O5. The third-order valence-corrected chi connectivity index (χ3v) is 11.0. The molecule has 2 aromatic heterocycles. The molecule has 0 bridgehead atoms. The normalized spacial score (nSPS) is 19.1. The van der Waals surface area contributed by atoms with E-state index in [2.05, 4.69) is 67.9 Å². The van der Waals surface area contributed by atoms with E-state index in [-0.39, 0.29) is 12.8 Å². The second-order valence-electron chi connectivity index (χ2n) is 14.1. The molecule has 0 radical (unpaired) electrons. The highest BCUT2D eigenvalue weighted by Gasteiger charge is 2.45. The number of carbonyl (C=O) groups excluding carboxylic acids is 4. The lowest BCUT2D eigenvalue weighted by Gasteiger charge is -2.38. The van der Waals surface area contributed by atoms with Crippen LogP contribution in [0.25, 0.3) is 28.1 Å². The Morgan fingerprint density at radius 2 is 1.44 bits per heavy atom. The smallest absolute Gasteiger partial charge is 0.262 e. The van der Waals surface area contributed by atoms with Gasteiger partial charge in [0.15, 0.2) is 0 Å². The topological polar surface area (TPSA) is 153 Å². The van der Waals surface area contributed by atoms with Gasteiger partial charge in [-0.1, -0.05) is 23.4 Å². The van der Waals surface area contributed by atoms with Crippen LogP contribution >= 0.6 is 0 Å². The number of oxime groups is 1. The standard InChI is InChI=1S/C41H36N8O5/c1-24-20-31-32(41(53)49(40(31)52)35-10-11-37(50)43-39(35)51)22-36(24)47-18-16-46(17-19-47)28-4-6-29(7-5-28)48-23-33(38(44-48)25-12-14-42-15-13-25)27-2-8-30-26(21-27)3-9-34(30)45-54/h2,4-8,12-15,20-23,35,54H,3,9-11,16-19H2,1H3,(H,43,50,51)/b45-34+. The van der Waals surface area contributed by atoms with E-state index in [0.717, 1.165) is 92.7 Å². The number of aromatic nitrogens is 3. The van der Waals surface area contributed by atoms with Gasteiger partial charge in [-0.05, 0) is 91.4 Å². The molecule has 3 aromatic carbocycles. The van der Waals surface area contributed by atoms with E-state index in [1.165, 1.54) is 0 Å². The SMILES string of the molecule is Cc1cc2c(cc1N1CCN(c3ccc(-n4cc(-c5ccc6c(c5)CC/C6=N\O)c(-c5ccncc5)n4)cc3)CC1)C(=O)N(C1CCC(=O)NC1=O)C2=O. The molecule has 270 valence electrons. The lowest BCUT2D eigenvalue weighted by molar-refractivity contribution is -0.136. The molecule has 1 unspecified atom stereocenters. The van der Waals surface area contributed by atoms with Crippen LogP contribution < -0.4 is 15.1 Å². The third-order valence-electron chi connectivity index (χ3n) is 11.0. The predicted molar refractivity (Wildman–Crippen MR) is 201 cm³/mol. The Morgan fingerprint density at radius 1 is 0.741 bits per heavy atom. The van der Waals surface area contributed by atoms with Crippen molar-refractivity contribution < 1.29 is 24.4 Å². The lowest BCUT2D eigenvalue weighted by Crippen LogP contribution is -2.54. The molecule has 1 atom stereocenters. The van der Waals surface area contributed by atoms with Crippen molar-refractivity contribution >= 4 is 40.7 Å². The van der Waals surface area contributed by atoms with Crippen molar-refractivity contribution in [1.82, 2.24) is 25.0 Å². The highest BCUT2D eigenvalue weighted by molar-refractivity contribution is 6.24. The maximum atomic E-state index is 13.5. The van der Waals surface area contributed by atoms with E-state index in [4.69, 9.17) is 5.10 Å². The van der Waals surface area contributed by atoms with Crippen LogP contribution in [0.4, 0.5) is 11.4 Å². The number of piperazine rings is 1. The Hall–Kier alpha value is -6.63. The number of nitrogens with one attached hydrogen (secondary N) is 1. The van der Waals surface area contributed by atoms with Crippen molar-refractivity contribution in [2.45, 2.75) is 38.6 Å². The maximum Gasteiger partial charge on any atom is 0.262 e. The molecule has 1 aliphatic carbocycles. The molecule has 2 saturated heterocycles. The van der Waals surface area contributed by atoms with E-state index in [1.807, 2.05) is 29.8 Å². The Balaban J connectivity index is 0.917. The molecule has 9 rings (SSSR count). The molecule has 54 heavy (non-hydrogen) atoms. The van der Waals surface area contributed by atoms with E-state index in [0.29, 0.717) is 24.2 Å². The number of piperidine rings is 1. The number of aryl methyl sites for hydroxylation is 2. The summed E-state index contributed by atoms with van der Waals surface area (Å²) in [7, 11) is 0. The molecule has 5 heterocycles. The van der Waals surface area contributed by atoms with Crippen LogP contribution in [-0.4, -0.2) is 86.4 Å². The molecule has 4 aliphatic rings. The first-order valence-electron chi connectivity index (χ1n) is 18.1. The Kier molecular flexibility index (Phi) is 8.06. The van der Waals surface area contributed by atoms with Gasteiger partial charge in [0.05, 0.1) is 22.5 Å². The second kappa shape index (κ2) is 13.1. The summed E-state index contributed by atoms with van der Waals surface area (Å²) in [5.74, 6) is -2.01.